The molecule has 5 rings (SSSR count). The van der Waals surface area contributed by atoms with Crippen LogP contribution in [-0.2, 0) is 20.9 Å². The van der Waals surface area contributed by atoms with Crippen molar-refractivity contribution in [2.24, 2.45) is 11.8 Å². The van der Waals surface area contributed by atoms with Gasteiger partial charge in [-0.2, -0.15) is 0 Å². The van der Waals surface area contributed by atoms with E-state index >= 15 is 0 Å². The number of para-hydroxylation sites is 2. The number of ether oxygens (including phenoxy) is 3. The van der Waals surface area contributed by atoms with E-state index in [2.05, 4.69) is 13.8 Å². The zero-order valence-electron chi connectivity index (χ0n) is 23.4. The van der Waals surface area contributed by atoms with E-state index in [1.54, 1.807) is 18.9 Å². The number of anilines is 1. The van der Waals surface area contributed by atoms with Crippen molar-refractivity contribution >= 4 is 28.9 Å². The van der Waals surface area contributed by atoms with Gasteiger partial charge in [0.05, 0.1) is 43.9 Å². The van der Waals surface area contributed by atoms with E-state index in [-0.39, 0.29) is 19.1 Å². The monoisotopic (exact) mass is 541 g/mol. The summed E-state index contributed by atoms with van der Waals surface area (Å²) in [6.45, 7) is 7.04. The van der Waals surface area contributed by atoms with E-state index in [1.165, 1.54) is 0 Å². The quantitative estimate of drug-likeness (QED) is 0.187. The Labute approximate surface area is 234 Å². The van der Waals surface area contributed by atoms with Crippen molar-refractivity contribution in [2.45, 2.75) is 39.8 Å². The highest BCUT2D eigenvalue weighted by molar-refractivity contribution is 6.08. The van der Waals surface area contributed by atoms with Crippen LogP contribution in [0.25, 0.3) is 11.0 Å². The molecule has 3 aromatic carbocycles. The standard InChI is InChI=1S/C32H35N3O5/c1-5-39-31(37)28-29(23-15-16-26(27(19-23)38-4)40-18-17-21(2)3)35-25-14-10-9-13-24(25)33-32(35)34(30(28)36)20-22-11-7-6-8-12-22/h6-16,19,21,28-29H,5,17-18,20H2,1-4H3/t28-,29-/m0/s1. The number of benzene rings is 3. The summed E-state index contributed by atoms with van der Waals surface area (Å²) in [5.74, 6) is 0.0948. The molecule has 2 heterocycles. The largest absolute Gasteiger partial charge is 0.493 e. The summed E-state index contributed by atoms with van der Waals surface area (Å²) in [6, 6.07) is 22.3. The van der Waals surface area contributed by atoms with Gasteiger partial charge < -0.3 is 18.8 Å². The van der Waals surface area contributed by atoms with Crippen molar-refractivity contribution in [2.75, 3.05) is 25.2 Å². The molecule has 1 amide bonds. The summed E-state index contributed by atoms with van der Waals surface area (Å²) in [5.41, 5.74) is 3.21. The van der Waals surface area contributed by atoms with Gasteiger partial charge in [-0.3, -0.25) is 14.5 Å². The van der Waals surface area contributed by atoms with Crippen molar-refractivity contribution in [3.05, 3.63) is 83.9 Å². The molecule has 4 aromatic rings. The first kappa shape index (κ1) is 27.2. The Bertz CT molecular complexity index is 1500. The highest BCUT2D eigenvalue weighted by Crippen LogP contribution is 2.43. The number of aromatic nitrogens is 2. The van der Waals surface area contributed by atoms with Gasteiger partial charge in [0, 0.05) is 0 Å². The summed E-state index contributed by atoms with van der Waals surface area (Å²) < 4.78 is 19.2. The normalized spacial score (nSPS) is 16.7. The van der Waals surface area contributed by atoms with Crippen LogP contribution in [0.5, 0.6) is 11.5 Å². The van der Waals surface area contributed by atoms with E-state index in [9.17, 15) is 9.59 Å². The molecule has 0 aliphatic carbocycles. The number of amides is 1. The smallest absolute Gasteiger partial charge is 0.321 e. The highest BCUT2D eigenvalue weighted by atomic mass is 16.5. The molecule has 0 spiro atoms. The molecule has 1 aliphatic heterocycles. The number of carbonyl (C=O) groups is 2. The van der Waals surface area contributed by atoms with Crippen LogP contribution in [0.1, 0.15) is 44.4 Å². The third-order valence-corrected chi connectivity index (χ3v) is 7.15. The molecule has 0 radical (unpaired) electrons. The van der Waals surface area contributed by atoms with Crippen molar-refractivity contribution in [1.29, 1.82) is 0 Å². The Balaban J connectivity index is 1.66. The van der Waals surface area contributed by atoms with Crippen LogP contribution < -0.4 is 14.4 Å². The van der Waals surface area contributed by atoms with Gasteiger partial charge >= 0.3 is 5.97 Å². The molecule has 40 heavy (non-hydrogen) atoms. The van der Waals surface area contributed by atoms with Gasteiger partial charge in [-0.1, -0.05) is 62.4 Å². The Morgan fingerprint density at radius 3 is 2.48 bits per heavy atom. The molecule has 0 fully saturated rings. The summed E-state index contributed by atoms with van der Waals surface area (Å²) >= 11 is 0. The summed E-state index contributed by atoms with van der Waals surface area (Å²) in [5, 5.41) is 0. The Kier molecular flexibility index (Phi) is 8.05. The number of nitrogens with zero attached hydrogens (tertiary/aromatic N) is 3. The maximum atomic E-state index is 14.2. The van der Waals surface area contributed by atoms with Crippen LogP contribution >= 0.6 is 0 Å². The predicted molar refractivity (Wildman–Crippen MR) is 154 cm³/mol. The summed E-state index contributed by atoms with van der Waals surface area (Å²) in [7, 11) is 1.59. The van der Waals surface area contributed by atoms with Gasteiger partial charge in [0.15, 0.2) is 17.4 Å². The van der Waals surface area contributed by atoms with Crippen LogP contribution in [0.15, 0.2) is 72.8 Å². The maximum absolute atomic E-state index is 14.2. The second-order valence-corrected chi connectivity index (χ2v) is 10.3. The lowest BCUT2D eigenvalue weighted by Gasteiger charge is -2.38. The van der Waals surface area contributed by atoms with Gasteiger partial charge in [-0.05, 0) is 54.7 Å². The molecule has 0 saturated heterocycles. The molecule has 2 atom stereocenters. The number of imidazole rings is 1. The molecule has 8 heteroatoms. The van der Waals surface area contributed by atoms with Gasteiger partial charge in [-0.25, -0.2) is 4.98 Å². The second-order valence-electron chi connectivity index (χ2n) is 10.3. The summed E-state index contributed by atoms with van der Waals surface area (Å²) in [4.78, 5) is 34.2. The van der Waals surface area contributed by atoms with Crippen LogP contribution in [0, 0.1) is 11.8 Å². The number of methoxy groups -OCH3 is 1. The first-order valence-corrected chi connectivity index (χ1v) is 13.7. The zero-order chi connectivity index (χ0) is 28.2. The molecular formula is C32H35N3O5. The van der Waals surface area contributed by atoms with Gasteiger partial charge in [0.1, 0.15) is 0 Å². The van der Waals surface area contributed by atoms with E-state index < -0.39 is 17.9 Å². The number of esters is 1. The molecular weight excluding hydrogens is 506 g/mol. The predicted octanol–water partition coefficient (Wildman–Crippen LogP) is 5.79. The van der Waals surface area contributed by atoms with E-state index in [0.29, 0.717) is 30.0 Å². The first-order chi connectivity index (χ1) is 19.4. The van der Waals surface area contributed by atoms with Crippen molar-refractivity contribution in [1.82, 2.24) is 9.55 Å². The van der Waals surface area contributed by atoms with Crippen LogP contribution in [0.2, 0.25) is 0 Å². The van der Waals surface area contributed by atoms with Crippen molar-refractivity contribution < 1.29 is 23.8 Å². The SMILES string of the molecule is CCOC(=O)[C@@H]1C(=O)N(Cc2ccccc2)c2nc3ccccc3n2[C@H]1c1ccc(OCCC(C)C)c(OC)c1. The fourth-order valence-electron chi connectivity index (χ4n) is 5.16. The lowest BCUT2D eigenvalue weighted by Crippen LogP contribution is -2.49. The number of hydrogen-bond acceptors (Lipinski definition) is 6. The third-order valence-electron chi connectivity index (χ3n) is 7.15. The van der Waals surface area contributed by atoms with E-state index in [1.807, 2.05) is 77.4 Å². The van der Waals surface area contributed by atoms with E-state index in [0.717, 1.165) is 28.6 Å². The fourth-order valence-corrected chi connectivity index (χ4v) is 5.16. The van der Waals surface area contributed by atoms with Crippen LogP contribution in [0.4, 0.5) is 5.95 Å². The minimum atomic E-state index is -1.12. The molecule has 208 valence electrons. The molecule has 1 aliphatic rings. The minimum absolute atomic E-state index is 0.164. The Morgan fingerprint density at radius 2 is 1.75 bits per heavy atom. The second kappa shape index (κ2) is 11.8. The van der Waals surface area contributed by atoms with Gasteiger partial charge in [0.25, 0.3) is 0 Å². The zero-order valence-corrected chi connectivity index (χ0v) is 23.4. The fraction of sp³-hybridized carbons (Fsp3) is 0.344. The number of hydrogen-bond donors (Lipinski definition) is 0. The molecule has 0 bridgehead atoms. The minimum Gasteiger partial charge on any atom is -0.493 e. The van der Waals surface area contributed by atoms with Gasteiger partial charge in [-0.15, -0.1) is 0 Å². The van der Waals surface area contributed by atoms with Crippen molar-refractivity contribution in [3.63, 3.8) is 0 Å². The van der Waals surface area contributed by atoms with Gasteiger partial charge in [0.2, 0.25) is 11.9 Å². The average molecular weight is 542 g/mol. The van der Waals surface area contributed by atoms with Crippen LogP contribution in [-0.4, -0.2) is 41.8 Å². The Morgan fingerprint density at radius 1 is 1.00 bits per heavy atom. The summed E-state index contributed by atoms with van der Waals surface area (Å²) in [6.07, 6.45) is 0.911. The molecule has 0 N–H and O–H groups in total. The highest BCUT2D eigenvalue weighted by Gasteiger charge is 2.48. The number of fused-ring (bicyclic) bond motifs is 3. The topological polar surface area (TPSA) is 82.9 Å². The average Bonchev–Trinajstić information content (AvgIpc) is 3.34. The molecule has 8 nitrogen and oxygen atoms in total. The molecule has 1 aromatic heterocycles. The lowest BCUT2D eigenvalue weighted by molar-refractivity contribution is -0.153. The lowest BCUT2D eigenvalue weighted by atomic mass is 9.89. The van der Waals surface area contributed by atoms with Crippen molar-refractivity contribution in [3.8, 4) is 11.5 Å². The molecule has 0 saturated carbocycles. The van der Waals surface area contributed by atoms with Crippen LogP contribution in [0.3, 0.4) is 0 Å². The maximum Gasteiger partial charge on any atom is 0.321 e. The number of carbonyl (C=O) groups excluding carboxylic acids is 2. The third kappa shape index (κ3) is 5.26. The Hall–Kier alpha value is -4.33. The first-order valence-electron chi connectivity index (χ1n) is 13.7. The number of rotatable bonds is 10. The molecule has 0 unspecified atom stereocenters. The van der Waals surface area contributed by atoms with E-state index in [4.69, 9.17) is 19.2 Å².